The second kappa shape index (κ2) is 6.55. The van der Waals surface area contributed by atoms with Crippen molar-refractivity contribution in [3.05, 3.63) is 29.8 Å². The predicted octanol–water partition coefficient (Wildman–Crippen LogP) is 1.78. The summed E-state index contributed by atoms with van der Waals surface area (Å²) in [6.45, 7) is 0.0997. The average Bonchev–Trinajstić information content (AvgIpc) is 2.33. The third kappa shape index (κ3) is 4.16. The molecule has 1 rings (SSSR count). The van der Waals surface area contributed by atoms with Crippen LogP contribution < -0.4 is 9.47 Å². The van der Waals surface area contributed by atoms with Gasteiger partial charge < -0.3 is 19.3 Å². The normalized spacial score (nSPS) is 10.5. The molecule has 0 amide bonds. The Kier molecular flexibility index (Phi) is 5.03. The maximum atomic E-state index is 10.4. The maximum absolute atomic E-state index is 10.4. The molecule has 0 unspecified atom stereocenters. The lowest BCUT2D eigenvalue weighted by Crippen LogP contribution is -2.00. The van der Waals surface area contributed by atoms with Crippen LogP contribution in [0.5, 0.6) is 11.5 Å². The Hall–Kier alpha value is -2.01. The predicted molar refractivity (Wildman–Crippen MR) is 62.2 cm³/mol. The number of rotatable bonds is 6. The Morgan fingerprint density at radius 2 is 2.12 bits per heavy atom. The van der Waals surface area contributed by atoms with Crippen molar-refractivity contribution in [2.24, 2.45) is 0 Å². The fraction of sp³-hybridized carbons (Fsp3) is 0.250. The van der Waals surface area contributed by atoms with Crippen molar-refractivity contribution < 1.29 is 24.1 Å². The SMILES string of the molecule is COCOc1cc(C=CC(=O)O)ccc1OC. The van der Waals surface area contributed by atoms with E-state index >= 15 is 0 Å². The molecule has 5 heteroatoms. The van der Waals surface area contributed by atoms with Crippen LogP contribution in [0.15, 0.2) is 24.3 Å². The van der Waals surface area contributed by atoms with Crippen LogP contribution in [0.25, 0.3) is 6.08 Å². The van der Waals surface area contributed by atoms with Gasteiger partial charge in [0.05, 0.1) is 7.11 Å². The van der Waals surface area contributed by atoms with E-state index in [-0.39, 0.29) is 6.79 Å². The lowest BCUT2D eigenvalue weighted by atomic mass is 10.2. The first-order chi connectivity index (χ1) is 8.17. The first kappa shape index (κ1) is 13.1. The molecule has 0 spiro atoms. The maximum Gasteiger partial charge on any atom is 0.328 e. The standard InChI is InChI=1S/C12H14O5/c1-15-8-17-11-7-9(4-6-12(13)14)3-5-10(11)16-2/h3-7H,8H2,1-2H3,(H,13,14). The van der Waals surface area contributed by atoms with Gasteiger partial charge in [-0.1, -0.05) is 6.07 Å². The molecule has 0 saturated heterocycles. The molecule has 0 heterocycles. The Bertz CT molecular complexity index is 411. The van der Waals surface area contributed by atoms with Crippen molar-refractivity contribution in [1.29, 1.82) is 0 Å². The van der Waals surface area contributed by atoms with Crippen molar-refractivity contribution in [1.82, 2.24) is 0 Å². The summed E-state index contributed by atoms with van der Waals surface area (Å²) in [5.74, 6) is 0.0663. The summed E-state index contributed by atoms with van der Waals surface area (Å²) in [6, 6.07) is 5.11. The summed E-state index contributed by atoms with van der Waals surface area (Å²) >= 11 is 0. The Balaban J connectivity index is 2.91. The van der Waals surface area contributed by atoms with Crippen LogP contribution in [0.4, 0.5) is 0 Å². The number of carboxylic acids is 1. The minimum absolute atomic E-state index is 0.0997. The number of hydrogen-bond acceptors (Lipinski definition) is 4. The topological polar surface area (TPSA) is 65.0 Å². The van der Waals surface area contributed by atoms with Crippen LogP contribution in [0.2, 0.25) is 0 Å². The smallest absolute Gasteiger partial charge is 0.328 e. The van der Waals surface area contributed by atoms with Crippen LogP contribution >= 0.6 is 0 Å². The van der Waals surface area contributed by atoms with Gasteiger partial charge in [0.15, 0.2) is 18.3 Å². The zero-order chi connectivity index (χ0) is 12.7. The summed E-state index contributed by atoms with van der Waals surface area (Å²) in [5.41, 5.74) is 0.708. The number of methoxy groups -OCH3 is 2. The van der Waals surface area contributed by atoms with E-state index in [1.54, 1.807) is 18.2 Å². The summed E-state index contributed by atoms with van der Waals surface area (Å²) in [7, 11) is 3.04. The van der Waals surface area contributed by atoms with E-state index in [0.717, 1.165) is 6.08 Å². The summed E-state index contributed by atoms with van der Waals surface area (Å²) in [4.78, 5) is 10.4. The number of benzene rings is 1. The Morgan fingerprint density at radius 1 is 1.35 bits per heavy atom. The molecule has 0 aliphatic heterocycles. The Morgan fingerprint density at radius 3 is 2.71 bits per heavy atom. The fourth-order valence-corrected chi connectivity index (χ4v) is 1.20. The number of carbonyl (C=O) groups is 1. The van der Waals surface area contributed by atoms with Gasteiger partial charge in [0.1, 0.15) is 0 Å². The second-order valence-electron chi connectivity index (χ2n) is 3.13. The molecule has 0 bridgehead atoms. The van der Waals surface area contributed by atoms with Crippen LogP contribution in [0, 0.1) is 0 Å². The molecular weight excluding hydrogens is 224 g/mol. The molecule has 1 N–H and O–H groups in total. The van der Waals surface area contributed by atoms with Crippen LogP contribution in [-0.2, 0) is 9.53 Å². The highest BCUT2D eigenvalue weighted by atomic mass is 16.7. The first-order valence-electron chi connectivity index (χ1n) is 4.88. The summed E-state index contributed by atoms with van der Waals surface area (Å²) < 4.78 is 15.2. The van der Waals surface area contributed by atoms with Crippen molar-refractivity contribution in [2.45, 2.75) is 0 Å². The van der Waals surface area contributed by atoms with Gasteiger partial charge in [-0.3, -0.25) is 0 Å². The number of aliphatic carboxylic acids is 1. The lowest BCUT2D eigenvalue weighted by Gasteiger charge is -2.10. The van der Waals surface area contributed by atoms with E-state index in [1.165, 1.54) is 20.3 Å². The molecule has 1 aromatic rings. The molecule has 0 fully saturated rings. The van der Waals surface area contributed by atoms with Crippen molar-refractivity contribution in [2.75, 3.05) is 21.0 Å². The highest BCUT2D eigenvalue weighted by molar-refractivity contribution is 5.85. The van der Waals surface area contributed by atoms with Crippen LogP contribution in [-0.4, -0.2) is 32.1 Å². The molecule has 0 aliphatic rings. The molecule has 0 saturated carbocycles. The van der Waals surface area contributed by atoms with Crippen LogP contribution in [0.1, 0.15) is 5.56 Å². The highest BCUT2D eigenvalue weighted by Gasteiger charge is 2.04. The van der Waals surface area contributed by atoms with Gasteiger partial charge in [0.2, 0.25) is 0 Å². The lowest BCUT2D eigenvalue weighted by molar-refractivity contribution is -0.131. The first-order valence-corrected chi connectivity index (χ1v) is 4.88. The Labute approximate surface area is 99.2 Å². The van der Waals surface area contributed by atoms with E-state index in [1.807, 2.05) is 0 Å². The van der Waals surface area contributed by atoms with Gasteiger partial charge in [-0.2, -0.15) is 0 Å². The number of hydrogen-bond donors (Lipinski definition) is 1. The minimum atomic E-state index is -1.000. The quantitative estimate of drug-likeness (QED) is 0.604. The summed E-state index contributed by atoms with van der Waals surface area (Å²) in [5, 5.41) is 8.52. The van der Waals surface area contributed by atoms with Gasteiger partial charge in [-0.15, -0.1) is 0 Å². The largest absolute Gasteiger partial charge is 0.493 e. The van der Waals surface area contributed by atoms with Gasteiger partial charge in [0, 0.05) is 13.2 Å². The second-order valence-corrected chi connectivity index (χ2v) is 3.13. The number of carboxylic acid groups (broad SMARTS) is 1. The van der Waals surface area contributed by atoms with Crippen molar-refractivity contribution >= 4 is 12.0 Å². The zero-order valence-corrected chi connectivity index (χ0v) is 9.67. The molecule has 17 heavy (non-hydrogen) atoms. The third-order valence-corrected chi connectivity index (χ3v) is 1.94. The monoisotopic (exact) mass is 238 g/mol. The fourth-order valence-electron chi connectivity index (χ4n) is 1.20. The zero-order valence-electron chi connectivity index (χ0n) is 9.67. The van der Waals surface area contributed by atoms with Crippen molar-refractivity contribution in [3.8, 4) is 11.5 Å². The van der Waals surface area contributed by atoms with Gasteiger partial charge in [-0.25, -0.2) is 4.79 Å². The number of ether oxygens (including phenoxy) is 3. The van der Waals surface area contributed by atoms with Gasteiger partial charge >= 0.3 is 5.97 Å². The van der Waals surface area contributed by atoms with E-state index in [9.17, 15) is 4.79 Å². The highest BCUT2D eigenvalue weighted by Crippen LogP contribution is 2.28. The van der Waals surface area contributed by atoms with Gasteiger partial charge in [-0.05, 0) is 23.8 Å². The molecule has 0 atom stereocenters. The van der Waals surface area contributed by atoms with E-state index in [4.69, 9.17) is 19.3 Å². The molecule has 0 radical (unpaired) electrons. The van der Waals surface area contributed by atoms with Crippen molar-refractivity contribution in [3.63, 3.8) is 0 Å². The summed E-state index contributed by atoms with van der Waals surface area (Å²) in [6.07, 6.45) is 2.53. The van der Waals surface area contributed by atoms with E-state index in [0.29, 0.717) is 17.1 Å². The average molecular weight is 238 g/mol. The van der Waals surface area contributed by atoms with E-state index < -0.39 is 5.97 Å². The van der Waals surface area contributed by atoms with Gasteiger partial charge in [0.25, 0.3) is 0 Å². The molecule has 5 nitrogen and oxygen atoms in total. The molecule has 92 valence electrons. The molecular formula is C12H14O5. The van der Waals surface area contributed by atoms with E-state index in [2.05, 4.69) is 0 Å². The molecule has 0 aromatic heterocycles. The third-order valence-electron chi connectivity index (χ3n) is 1.94. The van der Waals surface area contributed by atoms with Crippen LogP contribution in [0.3, 0.4) is 0 Å². The molecule has 1 aromatic carbocycles. The minimum Gasteiger partial charge on any atom is -0.493 e. The molecule has 0 aliphatic carbocycles.